The lowest BCUT2D eigenvalue weighted by atomic mass is 10.2. The van der Waals surface area contributed by atoms with Crippen molar-refractivity contribution >= 4 is 22.7 Å². The number of hydrogen-bond acceptors (Lipinski definition) is 4. The van der Waals surface area contributed by atoms with E-state index >= 15 is 0 Å². The summed E-state index contributed by atoms with van der Waals surface area (Å²) < 4.78 is 10.2. The number of fused-ring (bicyclic) bond motifs is 1. The first-order valence-electron chi connectivity index (χ1n) is 5.78. The number of hydrogen-bond donors (Lipinski definition) is 2. The number of carbonyl (C=O) groups is 1. The molecule has 1 fully saturated rings. The van der Waals surface area contributed by atoms with Crippen LogP contribution in [0.2, 0.25) is 0 Å². The highest BCUT2D eigenvalue weighted by atomic mass is 16.5. The summed E-state index contributed by atoms with van der Waals surface area (Å²) in [6.45, 7) is 0.631. The van der Waals surface area contributed by atoms with Crippen LogP contribution in [0.15, 0.2) is 27.4 Å². The Morgan fingerprint density at radius 1 is 1.44 bits per heavy atom. The fourth-order valence-corrected chi connectivity index (χ4v) is 2.04. The van der Waals surface area contributed by atoms with E-state index in [-0.39, 0.29) is 12.0 Å². The van der Waals surface area contributed by atoms with Gasteiger partial charge in [0.25, 0.3) is 5.91 Å². The average molecular weight is 248 g/mol. The molecule has 1 atom stereocenters. The van der Waals surface area contributed by atoms with Gasteiger partial charge in [-0.2, -0.15) is 0 Å². The van der Waals surface area contributed by atoms with Crippen molar-refractivity contribution in [2.24, 2.45) is 0 Å². The predicted octanol–water partition coefficient (Wildman–Crippen LogP) is 1.24. The van der Waals surface area contributed by atoms with Crippen molar-refractivity contribution in [2.75, 3.05) is 11.9 Å². The van der Waals surface area contributed by atoms with Crippen LogP contribution in [0.1, 0.15) is 12.8 Å². The quantitative estimate of drug-likeness (QED) is 0.837. The van der Waals surface area contributed by atoms with Crippen molar-refractivity contribution < 1.29 is 13.9 Å². The number of aromatic amines is 1. The van der Waals surface area contributed by atoms with Crippen LogP contribution in [0.5, 0.6) is 0 Å². The zero-order chi connectivity index (χ0) is 12.5. The maximum atomic E-state index is 11.8. The standard InChI is InChI=1S/C12H12N2O4/c15-11(10-2-1-5-17-10)13-7-3-4-9-8(6-7)14-12(16)18-9/h3-4,6,10H,1-2,5H2,(H,13,15)(H,14,16). The normalized spacial score (nSPS) is 19.2. The summed E-state index contributed by atoms with van der Waals surface area (Å²) in [5, 5.41) is 2.76. The van der Waals surface area contributed by atoms with Crippen molar-refractivity contribution in [3.05, 3.63) is 28.7 Å². The molecule has 1 aliphatic rings. The number of amides is 1. The topological polar surface area (TPSA) is 84.3 Å². The fourth-order valence-electron chi connectivity index (χ4n) is 2.04. The first-order valence-corrected chi connectivity index (χ1v) is 5.78. The van der Waals surface area contributed by atoms with E-state index in [4.69, 9.17) is 9.15 Å². The van der Waals surface area contributed by atoms with Crippen LogP contribution < -0.4 is 11.1 Å². The fraction of sp³-hybridized carbons (Fsp3) is 0.333. The SMILES string of the molecule is O=C(Nc1ccc2oc(=O)[nH]c2c1)C1CCCO1. The molecule has 2 heterocycles. The van der Waals surface area contributed by atoms with Gasteiger partial charge in [-0.05, 0) is 31.0 Å². The van der Waals surface area contributed by atoms with Gasteiger partial charge in [0.05, 0.1) is 5.52 Å². The third-order valence-corrected chi connectivity index (χ3v) is 2.91. The number of benzene rings is 1. The molecule has 0 saturated carbocycles. The van der Waals surface area contributed by atoms with E-state index in [2.05, 4.69) is 10.3 Å². The molecule has 1 aromatic carbocycles. The molecule has 2 aromatic rings. The van der Waals surface area contributed by atoms with Crippen molar-refractivity contribution in [1.29, 1.82) is 0 Å². The summed E-state index contributed by atoms with van der Waals surface area (Å²) >= 11 is 0. The molecule has 6 heteroatoms. The minimum Gasteiger partial charge on any atom is -0.408 e. The smallest absolute Gasteiger partial charge is 0.408 e. The Hall–Kier alpha value is -2.08. The first kappa shape index (κ1) is 11.0. The van der Waals surface area contributed by atoms with Gasteiger partial charge in [-0.1, -0.05) is 0 Å². The van der Waals surface area contributed by atoms with Crippen molar-refractivity contribution in [3.8, 4) is 0 Å². The van der Waals surface area contributed by atoms with Crippen LogP contribution >= 0.6 is 0 Å². The van der Waals surface area contributed by atoms with E-state index < -0.39 is 5.76 Å². The Morgan fingerprint density at radius 2 is 2.33 bits per heavy atom. The number of ether oxygens (including phenoxy) is 1. The molecule has 3 rings (SSSR count). The van der Waals surface area contributed by atoms with Crippen LogP contribution in [0, 0.1) is 0 Å². The largest absolute Gasteiger partial charge is 0.417 e. The molecule has 1 aromatic heterocycles. The van der Waals surface area contributed by atoms with Crippen LogP contribution in [0.25, 0.3) is 11.1 Å². The van der Waals surface area contributed by atoms with Gasteiger partial charge in [0, 0.05) is 12.3 Å². The molecule has 2 N–H and O–H groups in total. The number of carbonyl (C=O) groups excluding carboxylic acids is 1. The van der Waals surface area contributed by atoms with E-state index in [9.17, 15) is 9.59 Å². The van der Waals surface area contributed by atoms with Crippen molar-refractivity contribution in [1.82, 2.24) is 4.98 Å². The van der Waals surface area contributed by atoms with Gasteiger partial charge >= 0.3 is 5.76 Å². The summed E-state index contributed by atoms with van der Waals surface area (Å²) in [5.74, 6) is -0.662. The molecular weight excluding hydrogens is 236 g/mol. The molecular formula is C12H12N2O4. The third kappa shape index (κ3) is 2.02. The molecule has 1 amide bonds. The van der Waals surface area contributed by atoms with E-state index in [0.29, 0.717) is 23.4 Å². The molecule has 1 saturated heterocycles. The lowest BCUT2D eigenvalue weighted by Gasteiger charge is -2.09. The average Bonchev–Trinajstić information content (AvgIpc) is 2.95. The minimum atomic E-state index is -0.507. The third-order valence-electron chi connectivity index (χ3n) is 2.91. The molecule has 1 aliphatic heterocycles. The second kappa shape index (κ2) is 4.30. The van der Waals surface area contributed by atoms with Gasteiger partial charge < -0.3 is 14.5 Å². The first-order chi connectivity index (χ1) is 8.72. The Balaban J connectivity index is 1.81. The second-order valence-corrected chi connectivity index (χ2v) is 4.22. The lowest BCUT2D eigenvalue weighted by Crippen LogP contribution is -2.26. The Morgan fingerprint density at radius 3 is 3.11 bits per heavy atom. The van der Waals surface area contributed by atoms with Gasteiger partial charge in [0.2, 0.25) is 0 Å². The maximum Gasteiger partial charge on any atom is 0.417 e. The molecule has 18 heavy (non-hydrogen) atoms. The molecule has 0 bridgehead atoms. The molecule has 6 nitrogen and oxygen atoms in total. The summed E-state index contributed by atoms with van der Waals surface area (Å²) in [6.07, 6.45) is 1.28. The van der Waals surface area contributed by atoms with E-state index in [1.54, 1.807) is 18.2 Å². The van der Waals surface area contributed by atoms with Gasteiger partial charge in [-0.3, -0.25) is 9.78 Å². The number of anilines is 1. The molecule has 0 radical (unpaired) electrons. The van der Waals surface area contributed by atoms with E-state index in [0.717, 1.165) is 12.8 Å². The molecule has 1 unspecified atom stereocenters. The van der Waals surface area contributed by atoms with Gasteiger partial charge in [-0.15, -0.1) is 0 Å². The second-order valence-electron chi connectivity index (χ2n) is 4.22. The summed E-state index contributed by atoms with van der Waals surface area (Å²) in [6, 6.07) is 4.98. The Kier molecular flexibility index (Phi) is 2.64. The van der Waals surface area contributed by atoms with Crippen LogP contribution in [0.3, 0.4) is 0 Å². The zero-order valence-corrected chi connectivity index (χ0v) is 9.56. The summed E-state index contributed by atoms with van der Waals surface area (Å²) in [5.41, 5.74) is 1.64. The number of aromatic nitrogens is 1. The highest BCUT2D eigenvalue weighted by Gasteiger charge is 2.23. The lowest BCUT2D eigenvalue weighted by molar-refractivity contribution is -0.124. The minimum absolute atomic E-state index is 0.155. The number of nitrogens with one attached hydrogen (secondary N) is 2. The van der Waals surface area contributed by atoms with Gasteiger partial charge in [0.1, 0.15) is 6.10 Å². The number of oxazole rings is 1. The van der Waals surface area contributed by atoms with Gasteiger partial charge in [0.15, 0.2) is 5.58 Å². The monoisotopic (exact) mass is 248 g/mol. The summed E-state index contributed by atoms with van der Waals surface area (Å²) in [7, 11) is 0. The van der Waals surface area contributed by atoms with Crippen LogP contribution in [0.4, 0.5) is 5.69 Å². The van der Waals surface area contributed by atoms with Crippen LogP contribution in [-0.2, 0) is 9.53 Å². The highest BCUT2D eigenvalue weighted by Crippen LogP contribution is 2.18. The molecule has 0 spiro atoms. The number of H-pyrrole nitrogens is 1. The van der Waals surface area contributed by atoms with Gasteiger partial charge in [-0.25, -0.2) is 4.79 Å². The maximum absolute atomic E-state index is 11.8. The Labute approximate surface area is 102 Å². The van der Waals surface area contributed by atoms with E-state index in [1.165, 1.54) is 0 Å². The Bertz CT molecular complexity index is 637. The van der Waals surface area contributed by atoms with Crippen LogP contribution in [-0.4, -0.2) is 23.6 Å². The highest BCUT2D eigenvalue weighted by molar-refractivity contribution is 5.95. The molecule has 0 aliphatic carbocycles. The summed E-state index contributed by atoms with van der Waals surface area (Å²) in [4.78, 5) is 25.4. The van der Waals surface area contributed by atoms with Crippen molar-refractivity contribution in [3.63, 3.8) is 0 Å². The predicted molar refractivity (Wildman–Crippen MR) is 64.4 cm³/mol. The number of rotatable bonds is 2. The zero-order valence-electron chi connectivity index (χ0n) is 9.56. The van der Waals surface area contributed by atoms with Crippen molar-refractivity contribution in [2.45, 2.75) is 18.9 Å². The van der Waals surface area contributed by atoms with E-state index in [1.807, 2.05) is 0 Å². The molecule has 94 valence electrons.